The van der Waals surface area contributed by atoms with Gasteiger partial charge in [0, 0.05) is 10.7 Å². The summed E-state index contributed by atoms with van der Waals surface area (Å²) in [6.07, 6.45) is 0. The Kier molecular flexibility index (Phi) is 4.30. The van der Waals surface area contributed by atoms with E-state index in [1.807, 2.05) is 0 Å². The third kappa shape index (κ3) is 3.38. The second kappa shape index (κ2) is 5.78. The zero-order valence-electron chi connectivity index (χ0n) is 9.38. The van der Waals surface area contributed by atoms with E-state index >= 15 is 0 Å². The Morgan fingerprint density at radius 1 is 1.00 bits per heavy atom. The lowest BCUT2D eigenvalue weighted by Crippen LogP contribution is -2.12. The molecule has 0 saturated heterocycles. The van der Waals surface area contributed by atoms with E-state index in [9.17, 15) is 9.18 Å². The molecule has 0 atom stereocenters. The zero-order valence-corrected chi connectivity index (χ0v) is 11.7. The quantitative estimate of drug-likeness (QED) is 0.826. The third-order valence-electron chi connectivity index (χ3n) is 2.35. The van der Waals surface area contributed by atoms with E-state index < -0.39 is 11.7 Å². The summed E-state index contributed by atoms with van der Waals surface area (Å²) in [5.74, 6) is -0.978. The van der Waals surface area contributed by atoms with Gasteiger partial charge in [-0.05, 0) is 36.4 Å². The Hall–Kier alpha value is -1.29. The molecule has 98 valence electrons. The standard InChI is InChI=1S/C13H7Cl3FNO/c14-7-1-3-9(10(15)5-7)13(19)18-8-2-4-12(17)11(16)6-8/h1-6H,(H,18,19). The van der Waals surface area contributed by atoms with Crippen molar-refractivity contribution in [2.75, 3.05) is 5.32 Å². The van der Waals surface area contributed by atoms with Gasteiger partial charge in [-0.1, -0.05) is 34.8 Å². The van der Waals surface area contributed by atoms with Crippen molar-refractivity contribution < 1.29 is 9.18 Å². The third-order valence-corrected chi connectivity index (χ3v) is 3.19. The van der Waals surface area contributed by atoms with Crippen LogP contribution in [0.1, 0.15) is 10.4 Å². The molecule has 0 aliphatic heterocycles. The molecule has 0 saturated carbocycles. The first-order valence-electron chi connectivity index (χ1n) is 5.19. The predicted octanol–water partition coefficient (Wildman–Crippen LogP) is 5.04. The zero-order chi connectivity index (χ0) is 14.0. The van der Waals surface area contributed by atoms with E-state index in [-0.39, 0.29) is 15.6 Å². The van der Waals surface area contributed by atoms with Crippen molar-refractivity contribution in [2.24, 2.45) is 0 Å². The first kappa shape index (κ1) is 14.1. The Balaban J connectivity index is 2.23. The molecule has 0 aromatic heterocycles. The number of benzene rings is 2. The van der Waals surface area contributed by atoms with E-state index in [1.54, 1.807) is 6.07 Å². The summed E-state index contributed by atoms with van der Waals surface area (Å²) in [4.78, 5) is 12.0. The molecular formula is C13H7Cl3FNO. The first-order chi connectivity index (χ1) is 8.97. The summed E-state index contributed by atoms with van der Waals surface area (Å²) in [5.41, 5.74) is 0.647. The molecular weight excluding hydrogens is 312 g/mol. The minimum absolute atomic E-state index is 0.0694. The van der Waals surface area contributed by atoms with E-state index in [0.717, 1.165) is 0 Å². The van der Waals surface area contributed by atoms with Crippen molar-refractivity contribution in [1.82, 2.24) is 0 Å². The first-order valence-corrected chi connectivity index (χ1v) is 6.32. The largest absolute Gasteiger partial charge is 0.322 e. The maximum absolute atomic E-state index is 13.0. The van der Waals surface area contributed by atoms with Crippen molar-refractivity contribution >= 4 is 46.4 Å². The molecule has 2 aromatic rings. The molecule has 1 amide bonds. The smallest absolute Gasteiger partial charge is 0.257 e. The molecule has 0 spiro atoms. The summed E-state index contributed by atoms with van der Waals surface area (Å²) >= 11 is 17.3. The van der Waals surface area contributed by atoms with Crippen LogP contribution in [0, 0.1) is 5.82 Å². The number of hydrogen-bond acceptors (Lipinski definition) is 1. The van der Waals surface area contributed by atoms with Crippen LogP contribution in [0.15, 0.2) is 36.4 Å². The van der Waals surface area contributed by atoms with Gasteiger partial charge in [0.1, 0.15) is 5.82 Å². The molecule has 2 rings (SSSR count). The van der Waals surface area contributed by atoms with Gasteiger partial charge < -0.3 is 5.32 Å². The lowest BCUT2D eigenvalue weighted by atomic mass is 10.2. The van der Waals surface area contributed by atoms with Crippen LogP contribution in [-0.2, 0) is 0 Å². The summed E-state index contributed by atoms with van der Waals surface area (Å²) in [5, 5.41) is 3.17. The van der Waals surface area contributed by atoms with E-state index in [0.29, 0.717) is 10.7 Å². The minimum atomic E-state index is -0.552. The van der Waals surface area contributed by atoms with Crippen LogP contribution in [0.2, 0.25) is 15.1 Å². The van der Waals surface area contributed by atoms with Crippen LogP contribution < -0.4 is 5.32 Å². The highest BCUT2D eigenvalue weighted by molar-refractivity contribution is 6.37. The van der Waals surface area contributed by atoms with Crippen molar-refractivity contribution in [1.29, 1.82) is 0 Å². The maximum Gasteiger partial charge on any atom is 0.257 e. The highest BCUT2D eigenvalue weighted by Crippen LogP contribution is 2.23. The molecule has 0 radical (unpaired) electrons. The SMILES string of the molecule is O=C(Nc1ccc(F)c(Cl)c1)c1ccc(Cl)cc1Cl. The van der Waals surface area contributed by atoms with E-state index in [2.05, 4.69) is 5.32 Å². The molecule has 0 heterocycles. The second-order valence-corrected chi connectivity index (χ2v) is 4.96. The van der Waals surface area contributed by atoms with Crippen molar-refractivity contribution in [3.05, 3.63) is 62.8 Å². The second-order valence-electron chi connectivity index (χ2n) is 3.71. The number of carbonyl (C=O) groups is 1. The number of rotatable bonds is 2. The topological polar surface area (TPSA) is 29.1 Å². The minimum Gasteiger partial charge on any atom is -0.322 e. The predicted molar refractivity (Wildman–Crippen MR) is 75.8 cm³/mol. The molecule has 2 aromatic carbocycles. The summed E-state index contributed by atoms with van der Waals surface area (Å²) in [7, 11) is 0. The highest BCUT2D eigenvalue weighted by Gasteiger charge is 2.11. The molecule has 6 heteroatoms. The van der Waals surface area contributed by atoms with E-state index in [4.69, 9.17) is 34.8 Å². The normalized spacial score (nSPS) is 10.3. The van der Waals surface area contributed by atoms with Gasteiger partial charge in [0.25, 0.3) is 5.91 Å². The fourth-order valence-electron chi connectivity index (χ4n) is 1.45. The average Bonchev–Trinajstić information content (AvgIpc) is 2.33. The number of carbonyl (C=O) groups excluding carboxylic acids is 1. The van der Waals surface area contributed by atoms with Crippen LogP contribution in [-0.4, -0.2) is 5.91 Å². The average molecular weight is 319 g/mol. The van der Waals surface area contributed by atoms with Gasteiger partial charge in [-0.15, -0.1) is 0 Å². The van der Waals surface area contributed by atoms with Crippen molar-refractivity contribution in [2.45, 2.75) is 0 Å². The van der Waals surface area contributed by atoms with Crippen molar-refractivity contribution in [3.8, 4) is 0 Å². The van der Waals surface area contributed by atoms with Gasteiger partial charge in [-0.25, -0.2) is 4.39 Å². The molecule has 1 N–H and O–H groups in total. The molecule has 0 aliphatic rings. The van der Waals surface area contributed by atoms with Gasteiger partial charge in [0.05, 0.1) is 15.6 Å². The van der Waals surface area contributed by atoms with Crippen LogP contribution in [0.3, 0.4) is 0 Å². The Morgan fingerprint density at radius 2 is 1.74 bits per heavy atom. The lowest BCUT2D eigenvalue weighted by molar-refractivity contribution is 0.102. The molecule has 2 nitrogen and oxygen atoms in total. The fourth-order valence-corrected chi connectivity index (χ4v) is 2.12. The highest BCUT2D eigenvalue weighted by atomic mass is 35.5. The number of halogens is 4. The van der Waals surface area contributed by atoms with Crippen LogP contribution >= 0.6 is 34.8 Å². The number of anilines is 1. The van der Waals surface area contributed by atoms with Crippen molar-refractivity contribution in [3.63, 3.8) is 0 Å². The summed E-state index contributed by atoms with van der Waals surface area (Å²) < 4.78 is 13.0. The molecule has 19 heavy (non-hydrogen) atoms. The Labute approximate surface area is 124 Å². The number of amides is 1. The summed E-state index contributed by atoms with van der Waals surface area (Å²) in [6.45, 7) is 0. The van der Waals surface area contributed by atoms with Crippen LogP contribution in [0.25, 0.3) is 0 Å². The molecule has 0 aliphatic carbocycles. The van der Waals surface area contributed by atoms with Crippen LogP contribution in [0.5, 0.6) is 0 Å². The molecule has 0 fully saturated rings. The lowest BCUT2D eigenvalue weighted by Gasteiger charge is -2.07. The molecule has 0 bridgehead atoms. The van der Waals surface area contributed by atoms with Gasteiger partial charge in [0.2, 0.25) is 0 Å². The number of hydrogen-bond donors (Lipinski definition) is 1. The Bertz CT molecular complexity index is 646. The Morgan fingerprint density at radius 3 is 2.37 bits per heavy atom. The fraction of sp³-hybridized carbons (Fsp3) is 0. The maximum atomic E-state index is 13.0. The van der Waals surface area contributed by atoms with Gasteiger partial charge in [-0.2, -0.15) is 0 Å². The monoisotopic (exact) mass is 317 g/mol. The van der Waals surface area contributed by atoms with E-state index in [1.165, 1.54) is 30.3 Å². The summed E-state index contributed by atoms with van der Waals surface area (Å²) in [6, 6.07) is 8.42. The van der Waals surface area contributed by atoms with Gasteiger partial charge >= 0.3 is 0 Å². The van der Waals surface area contributed by atoms with Gasteiger partial charge in [0.15, 0.2) is 0 Å². The molecule has 0 unspecified atom stereocenters. The van der Waals surface area contributed by atoms with Crippen LogP contribution in [0.4, 0.5) is 10.1 Å². The van der Waals surface area contributed by atoms with Gasteiger partial charge in [-0.3, -0.25) is 4.79 Å². The number of nitrogens with one attached hydrogen (secondary N) is 1.